The number of carbonyl (C=O) groups is 1. The van der Waals surface area contributed by atoms with Gasteiger partial charge in [0, 0.05) is 72.2 Å². The molecule has 10 nitrogen and oxygen atoms in total. The number of halogens is 4. The van der Waals surface area contributed by atoms with E-state index in [0.717, 1.165) is 106 Å². The first-order valence-corrected chi connectivity index (χ1v) is 26.3. The Morgan fingerprint density at radius 3 is 2.19 bits per heavy atom. The summed E-state index contributed by atoms with van der Waals surface area (Å²) in [5, 5.41) is 3.84. The van der Waals surface area contributed by atoms with Crippen LogP contribution in [0, 0.1) is 5.41 Å². The average molecular weight is 975 g/mol. The SMILES string of the molecule is CC1(C)CCC(CN2CCN(c3ccc(C(=O)NS(=O)(=O)c4ccc(N[C@H](CCN5CCCC5)CSc5ccccc5)c(S(=O)(=O)C(F)(F)Cl)c4)cc3)CC2)=C(c2ccc(Cl)cc2)C1. The van der Waals surface area contributed by atoms with E-state index in [1.807, 2.05) is 47.2 Å². The second kappa shape index (κ2) is 20.4. The van der Waals surface area contributed by atoms with Crippen molar-refractivity contribution >= 4 is 77.7 Å². The lowest BCUT2D eigenvalue weighted by Gasteiger charge is -2.39. The number of rotatable bonds is 17. The van der Waals surface area contributed by atoms with Crippen LogP contribution in [0.15, 0.2) is 117 Å². The molecule has 0 bridgehead atoms. The van der Waals surface area contributed by atoms with E-state index in [-0.39, 0.29) is 16.7 Å². The van der Waals surface area contributed by atoms with Crippen LogP contribution in [0.1, 0.15) is 68.3 Å². The summed E-state index contributed by atoms with van der Waals surface area (Å²) >= 11 is 12.9. The molecule has 4 aromatic rings. The molecular weight excluding hydrogens is 920 g/mol. The molecule has 2 fully saturated rings. The van der Waals surface area contributed by atoms with Crippen LogP contribution >= 0.6 is 35.0 Å². The van der Waals surface area contributed by atoms with Crippen LogP contribution in [-0.4, -0.2) is 101 Å². The molecule has 3 aliphatic rings. The molecule has 2 heterocycles. The highest BCUT2D eigenvalue weighted by atomic mass is 35.5. The van der Waals surface area contributed by atoms with Crippen molar-refractivity contribution < 1.29 is 30.4 Å². The Hall–Kier alpha value is -3.70. The Morgan fingerprint density at radius 1 is 0.859 bits per heavy atom. The molecule has 1 amide bonds. The number of allylic oxidation sites excluding steroid dienone is 1. The molecule has 2 saturated heterocycles. The normalized spacial score (nSPS) is 18.2. The van der Waals surface area contributed by atoms with Crippen molar-refractivity contribution in [3.8, 4) is 0 Å². The molecule has 0 spiro atoms. The van der Waals surface area contributed by atoms with Gasteiger partial charge >= 0.3 is 4.71 Å². The largest absolute Gasteiger partial charge is 0.427 e. The number of thioether (sulfide) groups is 1. The zero-order valence-electron chi connectivity index (χ0n) is 36.0. The number of hydrogen-bond acceptors (Lipinski definition) is 10. The molecule has 0 aromatic heterocycles. The predicted octanol–water partition coefficient (Wildman–Crippen LogP) is 9.87. The van der Waals surface area contributed by atoms with Gasteiger partial charge in [-0.15, -0.1) is 11.8 Å². The molecule has 64 heavy (non-hydrogen) atoms. The zero-order chi connectivity index (χ0) is 45.7. The van der Waals surface area contributed by atoms with Crippen molar-refractivity contribution in [1.82, 2.24) is 14.5 Å². The van der Waals surface area contributed by atoms with E-state index >= 15 is 0 Å². The molecule has 4 aromatic carbocycles. The van der Waals surface area contributed by atoms with Crippen LogP contribution in [0.25, 0.3) is 5.57 Å². The third-order valence-electron chi connectivity index (χ3n) is 12.3. The number of nitrogens with one attached hydrogen (secondary N) is 2. The van der Waals surface area contributed by atoms with Gasteiger partial charge in [-0.3, -0.25) is 9.69 Å². The van der Waals surface area contributed by atoms with E-state index in [1.165, 1.54) is 40.6 Å². The summed E-state index contributed by atoms with van der Waals surface area (Å²) < 4.78 is 80.2. The molecule has 344 valence electrons. The van der Waals surface area contributed by atoms with Gasteiger partial charge in [-0.05, 0) is 146 Å². The van der Waals surface area contributed by atoms with Crippen molar-refractivity contribution in [2.75, 3.05) is 68.3 Å². The number of benzene rings is 4. The molecule has 2 aliphatic heterocycles. The van der Waals surface area contributed by atoms with Gasteiger partial charge in [0.2, 0.25) is 0 Å². The van der Waals surface area contributed by atoms with E-state index in [9.17, 15) is 30.4 Å². The Bertz CT molecular complexity index is 2510. The molecule has 0 saturated carbocycles. The summed E-state index contributed by atoms with van der Waals surface area (Å²) in [5.74, 6) is -0.505. The van der Waals surface area contributed by atoms with Gasteiger partial charge in [0.15, 0.2) is 0 Å². The fraction of sp³-hybridized carbons (Fsp3) is 0.426. The number of piperazine rings is 1. The summed E-state index contributed by atoms with van der Waals surface area (Å²) in [7, 11) is -10.3. The van der Waals surface area contributed by atoms with Crippen molar-refractivity contribution in [1.29, 1.82) is 0 Å². The van der Waals surface area contributed by atoms with E-state index in [0.29, 0.717) is 24.8 Å². The van der Waals surface area contributed by atoms with Crippen molar-refractivity contribution in [3.63, 3.8) is 0 Å². The van der Waals surface area contributed by atoms with E-state index in [2.05, 4.69) is 46.0 Å². The van der Waals surface area contributed by atoms with Crippen LogP contribution in [0.2, 0.25) is 5.02 Å². The topological polar surface area (TPSA) is 119 Å². The standard InChI is InChI=1S/C47H55Cl2F2N5O5S3/c1-46(2)22-20-36(42(31-46)34-10-14-37(48)15-11-34)32-55-26-28-56(29-27-55)39-16-12-35(13-17-39)45(57)53-64(60,61)41-18-19-43(44(30-41)63(58,59)47(49,50)51)52-38(21-25-54-23-6-7-24-54)33-62-40-8-4-3-5-9-40/h3-5,8-19,30,38,52H,6-7,20-29,31-33H2,1-2H3,(H,53,57)/t38-/m1/s1. The quantitative estimate of drug-likeness (QED) is 0.0782. The van der Waals surface area contributed by atoms with Crippen molar-refractivity contribution in [2.24, 2.45) is 5.41 Å². The third kappa shape index (κ3) is 12.2. The molecule has 0 unspecified atom stereocenters. The second-order valence-electron chi connectivity index (χ2n) is 17.6. The maximum atomic E-state index is 14.6. The molecule has 1 aliphatic carbocycles. The number of hydrogen-bond donors (Lipinski definition) is 2. The number of alkyl halides is 3. The van der Waals surface area contributed by atoms with Gasteiger partial charge in [0.25, 0.3) is 25.8 Å². The van der Waals surface area contributed by atoms with E-state index in [4.69, 9.17) is 23.2 Å². The Kier molecular flexibility index (Phi) is 15.4. The fourth-order valence-electron chi connectivity index (χ4n) is 8.57. The van der Waals surface area contributed by atoms with E-state index in [1.54, 1.807) is 12.1 Å². The molecule has 2 N–H and O–H groups in total. The highest BCUT2D eigenvalue weighted by molar-refractivity contribution is 7.99. The van der Waals surface area contributed by atoms with Crippen LogP contribution < -0.4 is 14.9 Å². The summed E-state index contributed by atoms with van der Waals surface area (Å²) in [5.41, 5.74) is 5.02. The first-order valence-electron chi connectivity index (χ1n) is 21.6. The first kappa shape index (κ1) is 48.2. The zero-order valence-corrected chi connectivity index (χ0v) is 40.0. The molecule has 1 atom stereocenters. The molecule has 7 rings (SSSR count). The fourth-order valence-corrected chi connectivity index (χ4v) is 12.0. The Balaban J connectivity index is 1.01. The number of sulfonamides is 1. The summed E-state index contributed by atoms with van der Waals surface area (Å²) in [6, 6.07) is 26.7. The number of sulfone groups is 1. The van der Waals surface area contributed by atoms with Gasteiger partial charge < -0.3 is 15.1 Å². The van der Waals surface area contributed by atoms with Gasteiger partial charge in [0.05, 0.1) is 15.5 Å². The summed E-state index contributed by atoms with van der Waals surface area (Å²) in [6.45, 7) is 11.3. The number of likely N-dealkylation sites (tertiary alicyclic amines) is 1. The minimum absolute atomic E-state index is 0.0445. The van der Waals surface area contributed by atoms with Crippen LogP contribution in [-0.2, 0) is 19.9 Å². The number of amides is 1. The lowest BCUT2D eigenvalue weighted by Crippen LogP contribution is -2.47. The van der Waals surface area contributed by atoms with Crippen LogP contribution in [0.5, 0.6) is 0 Å². The first-order chi connectivity index (χ1) is 30.4. The maximum Gasteiger partial charge on any atom is 0.427 e. The number of carbonyl (C=O) groups excluding carboxylic acids is 1. The Morgan fingerprint density at radius 2 is 1.53 bits per heavy atom. The Labute approximate surface area is 390 Å². The smallest absolute Gasteiger partial charge is 0.380 e. The van der Waals surface area contributed by atoms with E-state index < -0.39 is 46.3 Å². The van der Waals surface area contributed by atoms with Crippen LogP contribution in [0.4, 0.5) is 20.2 Å². The van der Waals surface area contributed by atoms with Gasteiger partial charge in [-0.25, -0.2) is 21.6 Å². The van der Waals surface area contributed by atoms with Gasteiger partial charge in [0.1, 0.15) is 0 Å². The maximum absolute atomic E-state index is 14.6. The minimum Gasteiger partial charge on any atom is -0.380 e. The number of nitrogens with zero attached hydrogens (tertiary/aromatic N) is 3. The average Bonchev–Trinajstić information content (AvgIpc) is 3.79. The lowest BCUT2D eigenvalue weighted by atomic mass is 9.72. The molecular formula is C47H55Cl2F2N5O5S3. The second-order valence-corrected chi connectivity index (χ2v) is 23.5. The van der Waals surface area contributed by atoms with Crippen LogP contribution in [0.3, 0.4) is 0 Å². The predicted molar refractivity (Wildman–Crippen MR) is 255 cm³/mol. The number of anilines is 2. The third-order valence-corrected chi connectivity index (χ3v) is 17.2. The monoisotopic (exact) mass is 973 g/mol. The van der Waals surface area contributed by atoms with Gasteiger partial charge in [-0.1, -0.05) is 61.4 Å². The molecule has 17 heteroatoms. The highest BCUT2D eigenvalue weighted by Gasteiger charge is 2.46. The summed E-state index contributed by atoms with van der Waals surface area (Å²) in [6.07, 6.45) is 5.91. The molecule has 0 radical (unpaired) electrons. The van der Waals surface area contributed by atoms with Gasteiger partial charge in [-0.2, -0.15) is 8.78 Å². The van der Waals surface area contributed by atoms with Crippen molar-refractivity contribution in [3.05, 3.63) is 119 Å². The summed E-state index contributed by atoms with van der Waals surface area (Å²) in [4.78, 5) is 19.6. The lowest BCUT2D eigenvalue weighted by molar-refractivity contribution is 0.0981. The minimum atomic E-state index is -5.60. The van der Waals surface area contributed by atoms with Crippen molar-refractivity contribution in [2.45, 2.75) is 77.8 Å². The highest BCUT2D eigenvalue weighted by Crippen LogP contribution is 2.44.